The highest BCUT2D eigenvalue weighted by molar-refractivity contribution is 7.26. The normalized spacial score (nSPS) is 11.8. The number of thiophene rings is 1. The number of nitrogens with zero attached hydrogens (tertiary/aromatic N) is 2. The van der Waals surface area contributed by atoms with Crippen molar-refractivity contribution in [2.24, 2.45) is 0 Å². The van der Waals surface area contributed by atoms with Crippen LogP contribution in [-0.4, -0.2) is 9.97 Å². The maximum absolute atomic E-state index is 6.53. The van der Waals surface area contributed by atoms with Gasteiger partial charge in [0.05, 0.1) is 15.9 Å². The fourth-order valence-corrected chi connectivity index (χ4v) is 8.10. The predicted octanol–water partition coefficient (Wildman–Crippen LogP) is 12.6. The van der Waals surface area contributed by atoms with E-state index in [0.717, 1.165) is 71.1 Å². The molecule has 0 aliphatic rings. The van der Waals surface area contributed by atoms with E-state index in [2.05, 4.69) is 146 Å². The van der Waals surface area contributed by atoms with Crippen LogP contribution in [0.5, 0.6) is 0 Å². The average Bonchev–Trinajstić information content (AvgIpc) is 3.73. The van der Waals surface area contributed by atoms with Gasteiger partial charge < -0.3 is 4.42 Å². The van der Waals surface area contributed by atoms with Crippen molar-refractivity contribution < 1.29 is 4.42 Å². The summed E-state index contributed by atoms with van der Waals surface area (Å²) < 4.78 is 8.83. The Balaban J connectivity index is 1.18. The molecule has 0 unspecified atom stereocenters. The lowest BCUT2D eigenvalue weighted by molar-refractivity contribution is 0.669. The molecule has 0 saturated carbocycles. The van der Waals surface area contributed by atoms with Gasteiger partial charge in [-0.1, -0.05) is 121 Å². The molecule has 3 aromatic heterocycles. The van der Waals surface area contributed by atoms with Gasteiger partial charge in [0.25, 0.3) is 0 Å². The topological polar surface area (TPSA) is 38.9 Å². The first-order valence-electron chi connectivity index (χ1n) is 16.1. The Morgan fingerprint density at radius 3 is 2.12 bits per heavy atom. The summed E-state index contributed by atoms with van der Waals surface area (Å²) in [6.45, 7) is 0. The van der Waals surface area contributed by atoms with Crippen molar-refractivity contribution in [3.8, 4) is 44.9 Å². The van der Waals surface area contributed by atoms with Crippen molar-refractivity contribution in [3.05, 3.63) is 158 Å². The Morgan fingerprint density at radius 2 is 1.19 bits per heavy atom. The van der Waals surface area contributed by atoms with E-state index in [9.17, 15) is 0 Å². The molecule has 10 rings (SSSR count). The van der Waals surface area contributed by atoms with E-state index in [1.54, 1.807) is 11.3 Å². The SMILES string of the molecule is c1ccc(-c2cccc(-c3nc(-c4cccc5oc6cc(-c7ccc8ccccc8c7)ccc6c45)nc4c3sc3ccccc34)c2)cc1. The third-order valence-electron chi connectivity index (χ3n) is 9.28. The minimum atomic E-state index is 0.693. The van der Waals surface area contributed by atoms with E-state index < -0.39 is 0 Å². The highest BCUT2D eigenvalue weighted by Crippen LogP contribution is 2.42. The summed E-state index contributed by atoms with van der Waals surface area (Å²) in [4.78, 5) is 10.6. The average molecular weight is 631 g/mol. The Kier molecular flexibility index (Phi) is 6.05. The molecule has 3 nitrogen and oxygen atoms in total. The Hall–Kier alpha value is -6.10. The zero-order valence-electron chi connectivity index (χ0n) is 25.7. The van der Waals surface area contributed by atoms with Crippen molar-refractivity contribution in [2.75, 3.05) is 0 Å². The smallest absolute Gasteiger partial charge is 0.161 e. The summed E-state index contributed by atoms with van der Waals surface area (Å²) in [6.07, 6.45) is 0. The van der Waals surface area contributed by atoms with Gasteiger partial charge in [-0.3, -0.25) is 0 Å². The van der Waals surface area contributed by atoms with E-state index in [1.807, 2.05) is 12.1 Å². The molecule has 7 aromatic carbocycles. The quantitative estimate of drug-likeness (QED) is 0.194. The van der Waals surface area contributed by atoms with E-state index in [-0.39, 0.29) is 0 Å². The number of benzene rings is 7. The molecule has 48 heavy (non-hydrogen) atoms. The van der Waals surface area contributed by atoms with Crippen LogP contribution in [0.3, 0.4) is 0 Å². The van der Waals surface area contributed by atoms with Crippen molar-refractivity contribution >= 4 is 64.4 Å². The van der Waals surface area contributed by atoms with Crippen LogP contribution < -0.4 is 0 Å². The first kappa shape index (κ1) is 27.1. The summed E-state index contributed by atoms with van der Waals surface area (Å²) in [5.74, 6) is 0.693. The highest BCUT2D eigenvalue weighted by atomic mass is 32.1. The Morgan fingerprint density at radius 1 is 0.458 bits per heavy atom. The zero-order valence-corrected chi connectivity index (χ0v) is 26.5. The molecule has 0 fully saturated rings. The molecule has 0 atom stereocenters. The number of rotatable bonds is 4. The van der Waals surface area contributed by atoms with Crippen LogP contribution in [-0.2, 0) is 0 Å². The van der Waals surface area contributed by atoms with Crippen LogP contribution in [0.15, 0.2) is 162 Å². The molecule has 0 amide bonds. The van der Waals surface area contributed by atoms with Gasteiger partial charge in [0, 0.05) is 32.0 Å². The van der Waals surface area contributed by atoms with Crippen LogP contribution in [0, 0.1) is 0 Å². The minimum Gasteiger partial charge on any atom is -0.456 e. The first-order valence-corrected chi connectivity index (χ1v) is 16.9. The molecule has 0 saturated heterocycles. The number of furan rings is 1. The molecular weight excluding hydrogens is 605 g/mol. The Bertz CT molecular complexity index is 2850. The summed E-state index contributed by atoms with van der Waals surface area (Å²) in [5, 5.41) is 5.68. The summed E-state index contributed by atoms with van der Waals surface area (Å²) in [6, 6.07) is 55.5. The number of aromatic nitrogens is 2. The van der Waals surface area contributed by atoms with Crippen molar-refractivity contribution in [1.29, 1.82) is 0 Å². The molecule has 0 aliphatic heterocycles. The fraction of sp³-hybridized carbons (Fsp3) is 0. The third kappa shape index (κ3) is 4.34. The standard InChI is InChI=1S/C44H26N2OS/c1-2-10-27(11-3-1)30-14-8-15-33(25-30)41-43-42(35-16-6-7-19-39(35)48-43)46-44(45-41)36-17-9-18-37-40(36)34-23-22-32(26-38(34)47-37)31-21-20-28-12-4-5-13-29(28)24-31/h1-26H. The first-order chi connectivity index (χ1) is 23.8. The molecule has 0 bridgehead atoms. The fourth-order valence-electron chi connectivity index (χ4n) is 6.94. The van der Waals surface area contributed by atoms with Gasteiger partial charge >= 0.3 is 0 Å². The third-order valence-corrected chi connectivity index (χ3v) is 10.5. The van der Waals surface area contributed by atoms with E-state index in [0.29, 0.717) is 5.82 Å². The zero-order chi connectivity index (χ0) is 31.6. The second-order valence-corrected chi connectivity index (χ2v) is 13.2. The van der Waals surface area contributed by atoms with E-state index in [1.165, 1.54) is 21.0 Å². The molecule has 0 aliphatic carbocycles. The molecule has 4 heteroatoms. The van der Waals surface area contributed by atoms with Gasteiger partial charge in [-0.15, -0.1) is 11.3 Å². The van der Waals surface area contributed by atoms with E-state index in [4.69, 9.17) is 14.4 Å². The van der Waals surface area contributed by atoms with Crippen LogP contribution in [0.25, 0.3) is 97.9 Å². The van der Waals surface area contributed by atoms with Gasteiger partial charge in [-0.05, 0) is 69.4 Å². The lowest BCUT2D eigenvalue weighted by Crippen LogP contribution is -1.94. The van der Waals surface area contributed by atoms with Gasteiger partial charge in [0.15, 0.2) is 5.82 Å². The largest absolute Gasteiger partial charge is 0.456 e. The van der Waals surface area contributed by atoms with Crippen molar-refractivity contribution in [1.82, 2.24) is 9.97 Å². The van der Waals surface area contributed by atoms with Crippen molar-refractivity contribution in [2.45, 2.75) is 0 Å². The number of fused-ring (bicyclic) bond motifs is 7. The molecule has 0 N–H and O–H groups in total. The lowest BCUT2D eigenvalue weighted by Gasteiger charge is -2.10. The molecule has 10 aromatic rings. The van der Waals surface area contributed by atoms with Crippen molar-refractivity contribution in [3.63, 3.8) is 0 Å². The molecule has 0 spiro atoms. The van der Waals surface area contributed by atoms with Gasteiger partial charge in [-0.2, -0.15) is 0 Å². The molecule has 0 radical (unpaired) electrons. The monoisotopic (exact) mass is 630 g/mol. The number of hydrogen-bond donors (Lipinski definition) is 0. The van der Waals surface area contributed by atoms with Crippen LogP contribution in [0.4, 0.5) is 0 Å². The molecule has 224 valence electrons. The molecule has 3 heterocycles. The predicted molar refractivity (Wildman–Crippen MR) is 201 cm³/mol. The maximum atomic E-state index is 6.53. The van der Waals surface area contributed by atoms with Crippen LogP contribution >= 0.6 is 11.3 Å². The lowest BCUT2D eigenvalue weighted by atomic mass is 9.99. The second kappa shape index (κ2) is 10.7. The van der Waals surface area contributed by atoms with Gasteiger partial charge in [-0.25, -0.2) is 9.97 Å². The summed E-state index contributed by atoms with van der Waals surface area (Å²) >= 11 is 1.75. The van der Waals surface area contributed by atoms with Gasteiger partial charge in [0.1, 0.15) is 11.2 Å². The second-order valence-electron chi connectivity index (χ2n) is 12.2. The van der Waals surface area contributed by atoms with Crippen LogP contribution in [0.1, 0.15) is 0 Å². The minimum absolute atomic E-state index is 0.693. The maximum Gasteiger partial charge on any atom is 0.161 e. The van der Waals surface area contributed by atoms with Gasteiger partial charge in [0.2, 0.25) is 0 Å². The highest BCUT2D eigenvalue weighted by Gasteiger charge is 2.20. The Labute approximate surface area is 280 Å². The summed E-state index contributed by atoms with van der Waals surface area (Å²) in [7, 11) is 0. The number of hydrogen-bond acceptors (Lipinski definition) is 4. The molecular formula is C44H26N2OS. The van der Waals surface area contributed by atoms with E-state index >= 15 is 0 Å². The van der Waals surface area contributed by atoms with Crippen LogP contribution in [0.2, 0.25) is 0 Å². The summed E-state index contributed by atoms with van der Waals surface area (Å²) in [5.41, 5.74) is 10.2.